The van der Waals surface area contributed by atoms with Gasteiger partial charge < -0.3 is 20.1 Å². The van der Waals surface area contributed by atoms with E-state index in [1.165, 1.54) is 0 Å². The van der Waals surface area contributed by atoms with Gasteiger partial charge in [-0.25, -0.2) is 9.59 Å². The number of carbonyl (C=O) groups excluding carboxylic acids is 2. The molecule has 0 heterocycles. The number of amides is 2. The number of hydrogen-bond donors (Lipinski definition) is 2. The number of nitrogens with one attached hydrogen (secondary N) is 1. The molecule has 2 amide bonds. The second-order valence-electron chi connectivity index (χ2n) is 11.8. The molecule has 40 heavy (non-hydrogen) atoms. The van der Waals surface area contributed by atoms with Crippen LogP contribution in [0.3, 0.4) is 0 Å². The summed E-state index contributed by atoms with van der Waals surface area (Å²) in [5.41, 5.74) is 1.25. The number of fused-ring (bicyclic) bond motifs is 1. The molecule has 0 aliphatic carbocycles. The highest BCUT2D eigenvalue weighted by Crippen LogP contribution is 2.20. The molecule has 7 heteroatoms. The van der Waals surface area contributed by atoms with Gasteiger partial charge in [0.05, 0.1) is 5.92 Å². The van der Waals surface area contributed by atoms with Crippen molar-refractivity contribution < 1.29 is 24.2 Å². The van der Waals surface area contributed by atoms with Crippen LogP contribution >= 0.6 is 0 Å². The molecule has 2 N–H and O–H groups in total. The maximum absolute atomic E-state index is 13.5. The zero-order valence-electron chi connectivity index (χ0n) is 24.2. The Morgan fingerprint density at radius 2 is 1.52 bits per heavy atom. The number of esters is 1. The van der Waals surface area contributed by atoms with Gasteiger partial charge in [0.2, 0.25) is 0 Å². The minimum Gasteiger partial charge on any atom is -0.480 e. The molecule has 0 bridgehead atoms. The number of aryl methyl sites for hydroxylation is 1. The molecule has 2 atom stereocenters. The number of urea groups is 1. The molecule has 0 aliphatic rings. The number of nitrogens with zero attached hydrogens (tertiary/aromatic N) is 1. The van der Waals surface area contributed by atoms with Crippen LogP contribution in [0.1, 0.15) is 52.2 Å². The molecule has 7 nitrogen and oxygen atoms in total. The predicted molar refractivity (Wildman–Crippen MR) is 158 cm³/mol. The first-order valence-corrected chi connectivity index (χ1v) is 13.9. The van der Waals surface area contributed by atoms with Gasteiger partial charge in [0, 0.05) is 19.5 Å². The van der Waals surface area contributed by atoms with E-state index in [0.717, 1.165) is 21.9 Å². The molecule has 214 valence electrons. The maximum Gasteiger partial charge on any atom is 0.326 e. The minimum absolute atomic E-state index is 0.114. The Kier molecular flexibility index (Phi) is 10.7. The molecule has 0 saturated carbocycles. The van der Waals surface area contributed by atoms with Gasteiger partial charge in [-0.3, -0.25) is 4.79 Å². The Morgan fingerprint density at radius 3 is 2.15 bits per heavy atom. The van der Waals surface area contributed by atoms with Crippen LogP contribution in [0.2, 0.25) is 0 Å². The molecule has 3 aromatic carbocycles. The summed E-state index contributed by atoms with van der Waals surface area (Å²) in [6, 6.07) is 21.9. The molecule has 0 radical (unpaired) electrons. The normalized spacial score (nSPS) is 13.1. The smallest absolute Gasteiger partial charge is 0.326 e. The fourth-order valence-corrected chi connectivity index (χ4v) is 4.64. The van der Waals surface area contributed by atoms with Gasteiger partial charge in [-0.15, -0.1) is 0 Å². The first kappa shape index (κ1) is 30.7. The zero-order valence-corrected chi connectivity index (χ0v) is 24.2. The molecule has 0 saturated heterocycles. The Morgan fingerprint density at radius 1 is 0.875 bits per heavy atom. The topological polar surface area (TPSA) is 95.9 Å². The summed E-state index contributed by atoms with van der Waals surface area (Å²) in [7, 11) is 0. The monoisotopic (exact) mass is 546 g/mol. The van der Waals surface area contributed by atoms with E-state index in [2.05, 4.69) is 5.32 Å². The van der Waals surface area contributed by atoms with Crippen LogP contribution in [-0.2, 0) is 27.2 Å². The second kappa shape index (κ2) is 14.0. The summed E-state index contributed by atoms with van der Waals surface area (Å²) in [4.78, 5) is 40.5. The third-order valence-electron chi connectivity index (χ3n) is 6.53. The van der Waals surface area contributed by atoms with Crippen LogP contribution in [-0.4, -0.2) is 52.7 Å². The second-order valence-corrected chi connectivity index (χ2v) is 11.8. The zero-order chi connectivity index (χ0) is 29.3. The van der Waals surface area contributed by atoms with Crippen LogP contribution in [0.5, 0.6) is 0 Å². The number of carbonyl (C=O) groups is 3. The van der Waals surface area contributed by atoms with E-state index >= 15 is 0 Å². The molecule has 0 aromatic heterocycles. The van der Waals surface area contributed by atoms with Crippen molar-refractivity contribution in [3.05, 3.63) is 83.9 Å². The molecule has 3 aromatic rings. The van der Waals surface area contributed by atoms with Gasteiger partial charge in [-0.1, -0.05) is 86.6 Å². The molecular formula is C33H42N2O5. The molecule has 0 spiro atoms. The fraction of sp³-hybridized carbons (Fsp3) is 0.424. The van der Waals surface area contributed by atoms with Gasteiger partial charge in [0.15, 0.2) is 0 Å². The van der Waals surface area contributed by atoms with Crippen LogP contribution < -0.4 is 5.32 Å². The summed E-state index contributed by atoms with van der Waals surface area (Å²) < 4.78 is 5.72. The van der Waals surface area contributed by atoms with E-state index in [-0.39, 0.29) is 24.9 Å². The van der Waals surface area contributed by atoms with Crippen LogP contribution in [0, 0.1) is 11.8 Å². The predicted octanol–water partition coefficient (Wildman–Crippen LogP) is 6.09. The van der Waals surface area contributed by atoms with Crippen molar-refractivity contribution in [2.75, 3.05) is 13.1 Å². The summed E-state index contributed by atoms with van der Waals surface area (Å²) in [6.07, 6.45) is 1.30. The Hall–Kier alpha value is -3.87. The quantitative estimate of drug-likeness (QED) is 0.268. The summed E-state index contributed by atoms with van der Waals surface area (Å²) in [6.45, 7) is 9.94. The lowest BCUT2D eigenvalue weighted by molar-refractivity contribution is -0.160. The SMILES string of the molecule is CC(C)CN(CC(CCc1ccccc1)C(=O)OC(C)(C)C)C(=O)N[C@@H](Cc1ccc2ccccc2c1)C(=O)O. The number of hydrogen-bond acceptors (Lipinski definition) is 4. The van der Waals surface area contributed by atoms with Crippen molar-refractivity contribution in [3.63, 3.8) is 0 Å². The van der Waals surface area contributed by atoms with Gasteiger partial charge >= 0.3 is 18.0 Å². The van der Waals surface area contributed by atoms with Crippen LogP contribution in [0.4, 0.5) is 4.79 Å². The number of carboxylic acids is 1. The van der Waals surface area contributed by atoms with Crippen molar-refractivity contribution >= 4 is 28.7 Å². The van der Waals surface area contributed by atoms with Crippen LogP contribution in [0.25, 0.3) is 10.8 Å². The Labute approximate surface area is 237 Å². The van der Waals surface area contributed by atoms with E-state index in [9.17, 15) is 19.5 Å². The molecule has 1 unspecified atom stereocenters. The van der Waals surface area contributed by atoms with Crippen molar-refractivity contribution in [1.82, 2.24) is 10.2 Å². The summed E-state index contributed by atoms with van der Waals surface area (Å²) >= 11 is 0. The third-order valence-corrected chi connectivity index (χ3v) is 6.53. The van der Waals surface area contributed by atoms with E-state index in [4.69, 9.17) is 4.74 Å². The molecular weight excluding hydrogens is 504 g/mol. The highest BCUT2D eigenvalue weighted by molar-refractivity contribution is 5.85. The van der Waals surface area contributed by atoms with Crippen molar-refractivity contribution in [1.29, 1.82) is 0 Å². The highest BCUT2D eigenvalue weighted by Gasteiger charge is 2.31. The van der Waals surface area contributed by atoms with E-state index in [1.807, 2.05) is 107 Å². The van der Waals surface area contributed by atoms with Crippen molar-refractivity contribution in [2.24, 2.45) is 11.8 Å². The number of ether oxygens (including phenoxy) is 1. The summed E-state index contributed by atoms with van der Waals surface area (Å²) in [5.74, 6) is -1.93. The van der Waals surface area contributed by atoms with Gasteiger partial charge in [-0.2, -0.15) is 0 Å². The molecule has 0 aliphatic heterocycles. The van der Waals surface area contributed by atoms with E-state index in [1.54, 1.807) is 4.90 Å². The highest BCUT2D eigenvalue weighted by atomic mass is 16.6. The lowest BCUT2D eigenvalue weighted by Crippen LogP contribution is -2.51. The average Bonchev–Trinajstić information content (AvgIpc) is 2.89. The third kappa shape index (κ3) is 9.70. The lowest BCUT2D eigenvalue weighted by atomic mass is 9.98. The lowest BCUT2D eigenvalue weighted by Gasteiger charge is -2.31. The van der Waals surface area contributed by atoms with Crippen molar-refractivity contribution in [2.45, 2.75) is 65.5 Å². The standard InChI is InChI=1S/C33H42N2O5/c1-23(2)21-35(22-28(31(38)40-33(3,4)5)18-15-24-11-7-6-8-12-24)32(39)34-29(30(36)37)20-25-16-17-26-13-9-10-14-27(26)19-25/h6-14,16-17,19,23,28-29H,15,18,20-22H2,1-5H3,(H,34,39)(H,36,37)/t28?,29-/m0/s1. The average molecular weight is 547 g/mol. The maximum atomic E-state index is 13.5. The Balaban J connectivity index is 1.77. The molecule has 3 rings (SSSR count). The van der Waals surface area contributed by atoms with Gasteiger partial charge in [0.1, 0.15) is 11.6 Å². The van der Waals surface area contributed by atoms with Gasteiger partial charge in [0.25, 0.3) is 0 Å². The number of carboxylic acid groups (broad SMARTS) is 1. The fourth-order valence-electron chi connectivity index (χ4n) is 4.64. The minimum atomic E-state index is -1.12. The number of aliphatic carboxylic acids is 1. The summed E-state index contributed by atoms with van der Waals surface area (Å²) in [5, 5.41) is 14.8. The Bertz CT molecular complexity index is 1280. The number of rotatable bonds is 12. The number of benzene rings is 3. The van der Waals surface area contributed by atoms with Gasteiger partial charge in [-0.05, 0) is 61.4 Å². The molecule has 0 fully saturated rings. The first-order valence-electron chi connectivity index (χ1n) is 13.9. The van der Waals surface area contributed by atoms with Crippen LogP contribution in [0.15, 0.2) is 72.8 Å². The van der Waals surface area contributed by atoms with Crippen molar-refractivity contribution in [3.8, 4) is 0 Å². The van der Waals surface area contributed by atoms with E-state index in [0.29, 0.717) is 19.4 Å². The first-order chi connectivity index (χ1) is 18.9. The largest absolute Gasteiger partial charge is 0.480 e. The van der Waals surface area contributed by atoms with E-state index < -0.39 is 29.6 Å².